The van der Waals surface area contributed by atoms with Gasteiger partial charge in [-0.25, -0.2) is 0 Å². The van der Waals surface area contributed by atoms with Crippen LogP contribution in [-0.2, 0) is 0 Å². The highest BCUT2D eigenvalue weighted by Crippen LogP contribution is 2.39. The number of hydrogen-bond acceptors (Lipinski definition) is 2. The quantitative estimate of drug-likeness (QED) is 0.755. The summed E-state index contributed by atoms with van der Waals surface area (Å²) in [5, 5.41) is 5.09. The van der Waals surface area contributed by atoms with E-state index in [1.165, 1.54) is 5.57 Å². The average Bonchev–Trinajstić information content (AvgIpc) is 2.76. The molecule has 1 aromatic heterocycles. The molecule has 4 rings (SSSR count). The van der Waals surface area contributed by atoms with Crippen LogP contribution in [0.15, 0.2) is 52.5 Å². The first-order valence-corrected chi connectivity index (χ1v) is 6.25. The van der Waals surface area contributed by atoms with E-state index in [2.05, 4.69) is 23.5 Å². The molecule has 1 atom stereocenters. The van der Waals surface area contributed by atoms with Gasteiger partial charge in [0.25, 0.3) is 0 Å². The van der Waals surface area contributed by atoms with E-state index in [0.717, 1.165) is 22.4 Å². The number of rotatable bonds is 0. The Bertz CT molecular complexity index is 736. The smallest absolute Gasteiger partial charge is 0.202 e. The summed E-state index contributed by atoms with van der Waals surface area (Å²) < 4.78 is 5.82. The zero-order valence-corrected chi connectivity index (χ0v) is 10.2. The molecule has 2 heterocycles. The van der Waals surface area contributed by atoms with Gasteiger partial charge < -0.3 is 9.73 Å². The fourth-order valence-electron chi connectivity index (χ4n) is 2.49. The van der Waals surface area contributed by atoms with Crippen LogP contribution in [0.2, 0.25) is 5.02 Å². The van der Waals surface area contributed by atoms with Crippen molar-refractivity contribution in [1.82, 2.24) is 0 Å². The van der Waals surface area contributed by atoms with Crippen LogP contribution in [0.4, 0.5) is 5.88 Å². The largest absolute Gasteiger partial charge is 0.438 e. The molecule has 3 heteroatoms. The van der Waals surface area contributed by atoms with E-state index in [0.29, 0.717) is 5.02 Å². The number of benzene rings is 1. The van der Waals surface area contributed by atoms with Crippen LogP contribution in [0.5, 0.6) is 0 Å². The molecule has 88 valence electrons. The minimum atomic E-state index is 0.196. The number of para-hydroxylation sites is 1. The molecule has 0 bridgehead atoms. The molecular weight excluding hydrogens is 246 g/mol. The third-order valence-corrected chi connectivity index (χ3v) is 3.66. The standard InChI is InChI=1S/C15H10ClNO/c16-12-6-3-5-10-11-8-9-4-1-2-7-13(9)17-15(11)18-14(10)12/h1-8,13,17H. The lowest BCUT2D eigenvalue weighted by Crippen LogP contribution is -2.22. The van der Waals surface area contributed by atoms with Crippen LogP contribution < -0.4 is 5.32 Å². The van der Waals surface area contributed by atoms with Crippen molar-refractivity contribution in [1.29, 1.82) is 0 Å². The van der Waals surface area contributed by atoms with Gasteiger partial charge in [-0.2, -0.15) is 0 Å². The molecule has 0 spiro atoms. The number of nitrogens with one attached hydrogen (secondary N) is 1. The molecule has 0 fully saturated rings. The highest BCUT2D eigenvalue weighted by molar-refractivity contribution is 6.35. The number of furan rings is 1. The molecule has 0 saturated carbocycles. The van der Waals surface area contributed by atoms with E-state index in [4.69, 9.17) is 16.0 Å². The maximum Gasteiger partial charge on any atom is 0.202 e. The van der Waals surface area contributed by atoms with E-state index in [1.54, 1.807) is 0 Å². The first kappa shape index (κ1) is 10.0. The van der Waals surface area contributed by atoms with Gasteiger partial charge in [0, 0.05) is 10.9 Å². The van der Waals surface area contributed by atoms with Crippen LogP contribution >= 0.6 is 11.6 Å². The van der Waals surface area contributed by atoms with Gasteiger partial charge in [-0.05, 0) is 17.7 Å². The fraction of sp³-hybridized carbons (Fsp3) is 0.0667. The third kappa shape index (κ3) is 1.30. The normalized spacial score (nSPS) is 20.3. The van der Waals surface area contributed by atoms with Gasteiger partial charge in [-0.15, -0.1) is 0 Å². The van der Waals surface area contributed by atoms with Crippen molar-refractivity contribution in [2.75, 3.05) is 5.32 Å². The van der Waals surface area contributed by atoms with Gasteiger partial charge in [0.05, 0.1) is 11.1 Å². The number of hydrogen-bond donors (Lipinski definition) is 1. The zero-order valence-electron chi connectivity index (χ0n) is 9.48. The van der Waals surface area contributed by atoms with Crippen molar-refractivity contribution in [3.8, 4) is 0 Å². The predicted octanol–water partition coefficient (Wildman–Crippen LogP) is 4.39. The molecule has 0 radical (unpaired) electrons. The van der Waals surface area contributed by atoms with Crippen LogP contribution in [0.3, 0.4) is 0 Å². The highest BCUT2D eigenvalue weighted by Gasteiger charge is 2.23. The van der Waals surface area contributed by atoms with Crippen LogP contribution in [-0.4, -0.2) is 6.04 Å². The lowest BCUT2D eigenvalue weighted by atomic mass is 9.96. The van der Waals surface area contributed by atoms with Crippen molar-refractivity contribution >= 4 is 34.5 Å². The van der Waals surface area contributed by atoms with Crippen molar-refractivity contribution in [2.24, 2.45) is 0 Å². The summed E-state index contributed by atoms with van der Waals surface area (Å²) in [6, 6.07) is 6.02. The minimum Gasteiger partial charge on any atom is -0.438 e. The second kappa shape index (κ2) is 3.53. The molecule has 0 amide bonds. The molecule has 1 aromatic carbocycles. The average molecular weight is 256 g/mol. The zero-order chi connectivity index (χ0) is 12.1. The summed E-state index contributed by atoms with van der Waals surface area (Å²) in [5.41, 5.74) is 3.08. The van der Waals surface area contributed by atoms with Gasteiger partial charge in [-0.1, -0.05) is 48.0 Å². The van der Waals surface area contributed by atoms with Crippen LogP contribution in [0.25, 0.3) is 17.0 Å². The molecular formula is C15H10ClNO. The van der Waals surface area contributed by atoms with Gasteiger partial charge in [0.15, 0.2) is 5.58 Å². The topological polar surface area (TPSA) is 25.2 Å². The lowest BCUT2D eigenvalue weighted by molar-refractivity contribution is 0.622. The molecule has 1 unspecified atom stereocenters. The Morgan fingerprint density at radius 2 is 2.17 bits per heavy atom. The molecule has 2 aromatic rings. The summed E-state index contributed by atoms with van der Waals surface area (Å²) in [6.07, 6.45) is 10.5. The summed E-state index contributed by atoms with van der Waals surface area (Å²) in [4.78, 5) is 0. The summed E-state index contributed by atoms with van der Waals surface area (Å²) in [5.74, 6) is 0.798. The maximum absolute atomic E-state index is 6.16. The minimum absolute atomic E-state index is 0.196. The van der Waals surface area contributed by atoms with Crippen molar-refractivity contribution < 1.29 is 4.42 Å². The van der Waals surface area contributed by atoms with Crippen molar-refractivity contribution in [3.63, 3.8) is 0 Å². The van der Waals surface area contributed by atoms with Gasteiger partial charge in [0.2, 0.25) is 5.88 Å². The number of anilines is 1. The lowest BCUT2D eigenvalue weighted by Gasteiger charge is -2.22. The van der Waals surface area contributed by atoms with Gasteiger partial charge in [0.1, 0.15) is 0 Å². The molecule has 2 nitrogen and oxygen atoms in total. The molecule has 1 N–H and O–H groups in total. The number of allylic oxidation sites excluding steroid dienone is 2. The third-order valence-electron chi connectivity index (χ3n) is 3.37. The van der Waals surface area contributed by atoms with Crippen LogP contribution in [0.1, 0.15) is 5.56 Å². The Kier molecular flexibility index (Phi) is 1.97. The number of halogens is 1. The van der Waals surface area contributed by atoms with Crippen LogP contribution in [0, 0.1) is 0 Å². The van der Waals surface area contributed by atoms with E-state index in [1.807, 2.05) is 30.4 Å². The SMILES string of the molecule is Clc1cccc2c3c(oc12)NC1C=CC=CC1=C3. The maximum atomic E-state index is 6.16. The Balaban J connectivity index is 2.01. The van der Waals surface area contributed by atoms with Gasteiger partial charge >= 0.3 is 0 Å². The second-order valence-corrected chi connectivity index (χ2v) is 4.88. The fourth-order valence-corrected chi connectivity index (χ4v) is 2.70. The Labute approximate surface area is 109 Å². The Morgan fingerprint density at radius 3 is 3.11 bits per heavy atom. The van der Waals surface area contributed by atoms with E-state index < -0.39 is 0 Å². The molecule has 18 heavy (non-hydrogen) atoms. The summed E-state index contributed by atoms with van der Waals surface area (Å²) in [6.45, 7) is 0. The molecule has 0 saturated heterocycles. The molecule has 1 aliphatic carbocycles. The van der Waals surface area contributed by atoms with E-state index in [-0.39, 0.29) is 6.04 Å². The van der Waals surface area contributed by atoms with E-state index >= 15 is 0 Å². The second-order valence-electron chi connectivity index (χ2n) is 4.47. The van der Waals surface area contributed by atoms with Crippen molar-refractivity contribution in [3.05, 3.63) is 58.7 Å². The Morgan fingerprint density at radius 1 is 1.22 bits per heavy atom. The first-order valence-electron chi connectivity index (χ1n) is 5.87. The van der Waals surface area contributed by atoms with Gasteiger partial charge in [-0.3, -0.25) is 0 Å². The summed E-state index contributed by atoms with van der Waals surface area (Å²) >= 11 is 6.16. The molecule has 2 aliphatic rings. The van der Waals surface area contributed by atoms with E-state index in [9.17, 15) is 0 Å². The first-order chi connectivity index (χ1) is 8.83. The Hall–Kier alpha value is -1.93. The molecule has 1 aliphatic heterocycles. The predicted molar refractivity (Wildman–Crippen MR) is 74.9 cm³/mol. The summed E-state index contributed by atoms with van der Waals surface area (Å²) in [7, 11) is 0. The highest BCUT2D eigenvalue weighted by atomic mass is 35.5. The monoisotopic (exact) mass is 255 g/mol. The van der Waals surface area contributed by atoms with Crippen molar-refractivity contribution in [2.45, 2.75) is 6.04 Å². The number of fused-ring (bicyclic) bond motifs is 4.